The van der Waals surface area contributed by atoms with E-state index in [0.29, 0.717) is 13.1 Å². The van der Waals surface area contributed by atoms with Crippen LogP contribution in [-0.4, -0.2) is 64.3 Å². The van der Waals surface area contributed by atoms with Gasteiger partial charge in [0.15, 0.2) is 0 Å². The minimum Gasteiger partial charge on any atom is -0.338 e. The highest BCUT2D eigenvalue weighted by Crippen LogP contribution is 2.25. The Balaban J connectivity index is 1.54. The van der Waals surface area contributed by atoms with Gasteiger partial charge in [-0.25, -0.2) is 4.79 Å². The Bertz CT molecular complexity index is 742. The molecule has 146 valence electrons. The highest BCUT2D eigenvalue weighted by atomic mass is 16.2. The zero-order valence-electron chi connectivity index (χ0n) is 16.6. The van der Waals surface area contributed by atoms with Gasteiger partial charge in [-0.05, 0) is 38.9 Å². The standard InChI is InChI=1S/C20H30N6O/c1-24(2)15-18-22-23-19(25(18)3)17-10-7-13-26(14-17)20(27)21-12-11-16-8-5-4-6-9-16/h4-6,8-9,17H,7,10-15H2,1-3H3,(H,21,27)/t17-/m0/s1. The molecule has 2 aromatic rings. The first-order chi connectivity index (χ1) is 13.0. The second-order valence-corrected chi connectivity index (χ2v) is 7.52. The monoisotopic (exact) mass is 370 g/mol. The zero-order valence-corrected chi connectivity index (χ0v) is 16.6. The summed E-state index contributed by atoms with van der Waals surface area (Å²) < 4.78 is 2.08. The summed E-state index contributed by atoms with van der Waals surface area (Å²) in [7, 11) is 6.07. The number of hydrogen-bond acceptors (Lipinski definition) is 4. The first kappa shape index (κ1) is 19.4. The van der Waals surface area contributed by atoms with Crippen molar-refractivity contribution >= 4 is 6.03 Å². The van der Waals surface area contributed by atoms with Gasteiger partial charge in [0.25, 0.3) is 0 Å². The van der Waals surface area contributed by atoms with Gasteiger partial charge < -0.3 is 19.7 Å². The molecule has 1 atom stereocenters. The van der Waals surface area contributed by atoms with Crippen molar-refractivity contribution in [3.05, 3.63) is 47.5 Å². The Hall–Kier alpha value is -2.41. The van der Waals surface area contributed by atoms with Crippen LogP contribution in [0.25, 0.3) is 0 Å². The molecule has 0 spiro atoms. The van der Waals surface area contributed by atoms with Crippen LogP contribution in [0.3, 0.4) is 0 Å². The molecule has 7 nitrogen and oxygen atoms in total. The largest absolute Gasteiger partial charge is 0.338 e. The van der Waals surface area contributed by atoms with Crippen LogP contribution in [0.1, 0.15) is 36.0 Å². The summed E-state index contributed by atoms with van der Waals surface area (Å²) in [5.41, 5.74) is 1.24. The third kappa shape index (κ3) is 5.07. The van der Waals surface area contributed by atoms with E-state index in [1.807, 2.05) is 44.2 Å². The third-order valence-electron chi connectivity index (χ3n) is 5.06. The number of amides is 2. The van der Waals surface area contributed by atoms with Gasteiger partial charge in [-0.1, -0.05) is 30.3 Å². The molecule has 1 aromatic carbocycles. The molecule has 1 aliphatic rings. The Morgan fingerprint density at radius 2 is 2.04 bits per heavy atom. The maximum absolute atomic E-state index is 12.6. The number of nitrogens with one attached hydrogen (secondary N) is 1. The highest BCUT2D eigenvalue weighted by molar-refractivity contribution is 5.74. The normalized spacial score (nSPS) is 17.3. The topological polar surface area (TPSA) is 66.3 Å². The fraction of sp³-hybridized carbons (Fsp3) is 0.550. The smallest absolute Gasteiger partial charge is 0.317 e. The number of aromatic nitrogens is 3. The Morgan fingerprint density at radius 1 is 1.26 bits per heavy atom. The van der Waals surface area contributed by atoms with E-state index in [1.165, 1.54) is 5.56 Å². The second kappa shape index (κ2) is 8.99. The molecule has 1 fully saturated rings. The van der Waals surface area contributed by atoms with Gasteiger partial charge in [0.05, 0.1) is 6.54 Å². The summed E-state index contributed by atoms with van der Waals surface area (Å²) in [6.45, 7) is 2.92. The van der Waals surface area contributed by atoms with Gasteiger partial charge in [-0.2, -0.15) is 0 Å². The van der Waals surface area contributed by atoms with Gasteiger partial charge >= 0.3 is 6.03 Å². The van der Waals surface area contributed by atoms with Crippen molar-refractivity contribution in [2.24, 2.45) is 7.05 Å². The molecule has 1 aromatic heterocycles. The number of urea groups is 1. The maximum Gasteiger partial charge on any atom is 0.317 e. The Kier molecular flexibility index (Phi) is 6.45. The summed E-state index contributed by atoms with van der Waals surface area (Å²) >= 11 is 0. The van der Waals surface area contributed by atoms with Crippen molar-refractivity contribution in [3.8, 4) is 0 Å². The first-order valence-corrected chi connectivity index (χ1v) is 9.64. The number of carbonyl (C=O) groups excluding carboxylic acids is 1. The number of likely N-dealkylation sites (tertiary alicyclic amines) is 1. The van der Waals surface area contributed by atoms with E-state index in [1.54, 1.807) is 0 Å². The molecule has 0 saturated carbocycles. The van der Waals surface area contributed by atoms with Crippen LogP contribution in [0.2, 0.25) is 0 Å². The van der Waals surface area contributed by atoms with E-state index in [2.05, 4.69) is 37.1 Å². The average Bonchev–Trinajstić information content (AvgIpc) is 3.02. The van der Waals surface area contributed by atoms with E-state index in [4.69, 9.17) is 0 Å². The van der Waals surface area contributed by atoms with Crippen LogP contribution in [0, 0.1) is 0 Å². The van der Waals surface area contributed by atoms with Crippen LogP contribution in [0.4, 0.5) is 4.79 Å². The summed E-state index contributed by atoms with van der Waals surface area (Å²) in [6, 6.07) is 10.2. The lowest BCUT2D eigenvalue weighted by molar-refractivity contribution is 0.178. The van der Waals surface area contributed by atoms with Crippen LogP contribution in [0.5, 0.6) is 0 Å². The van der Waals surface area contributed by atoms with E-state index in [-0.39, 0.29) is 11.9 Å². The van der Waals surface area contributed by atoms with E-state index >= 15 is 0 Å². The van der Waals surface area contributed by atoms with Crippen LogP contribution in [0.15, 0.2) is 30.3 Å². The average molecular weight is 371 g/mol. The molecule has 1 saturated heterocycles. The van der Waals surface area contributed by atoms with Crippen LogP contribution in [-0.2, 0) is 20.0 Å². The second-order valence-electron chi connectivity index (χ2n) is 7.52. The van der Waals surface area contributed by atoms with Crippen molar-refractivity contribution in [3.63, 3.8) is 0 Å². The number of benzene rings is 1. The van der Waals surface area contributed by atoms with Gasteiger partial charge in [-0.15, -0.1) is 10.2 Å². The quantitative estimate of drug-likeness (QED) is 0.845. The molecule has 3 rings (SSSR count). The lowest BCUT2D eigenvalue weighted by Gasteiger charge is -2.32. The number of hydrogen-bond donors (Lipinski definition) is 1. The maximum atomic E-state index is 12.6. The molecule has 27 heavy (non-hydrogen) atoms. The van der Waals surface area contributed by atoms with Crippen molar-refractivity contribution < 1.29 is 4.79 Å². The predicted octanol–water partition coefficient (Wildman–Crippen LogP) is 2.01. The van der Waals surface area contributed by atoms with Crippen LogP contribution < -0.4 is 5.32 Å². The van der Waals surface area contributed by atoms with Crippen LogP contribution >= 0.6 is 0 Å². The van der Waals surface area contributed by atoms with E-state index in [9.17, 15) is 4.79 Å². The molecule has 1 N–H and O–H groups in total. The summed E-state index contributed by atoms with van der Waals surface area (Å²) in [5, 5.41) is 11.8. The molecule has 0 bridgehead atoms. The van der Waals surface area contributed by atoms with Crippen molar-refractivity contribution in [2.45, 2.75) is 31.7 Å². The minimum atomic E-state index is 0.0197. The molecule has 2 heterocycles. The molecule has 7 heteroatoms. The van der Waals surface area contributed by atoms with Crippen molar-refractivity contribution in [1.29, 1.82) is 0 Å². The Labute approximate surface area is 161 Å². The van der Waals surface area contributed by atoms with Gasteiger partial charge in [-0.3, -0.25) is 0 Å². The predicted molar refractivity (Wildman–Crippen MR) is 105 cm³/mol. The van der Waals surface area contributed by atoms with E-state index in [0.717, 1.165) is 44.0 Å². The SMILES string of the molecule is CN(C)Cc1nnc([C@H]2CCCN(C(=O)NCCc3ccccc3)C2)n1C. The molecular formula is C20H30N6O. The lowest BCUT2D eigenvalue weighted by atomic mass is 9.97. The summed E-state index contributed by atoms with van der Waals surface area (Å²) in [5.74, 6) is 2.18. The van der Waals surface area contributed by atoms with E-state index < -0.39 is 0 Å². The van der Waals surface area contributed by atoms with Gasteiger partial charge in [0.1, 0.15) is 11.6 Å². The van der Waals surface area contributed by atoms with Gasteiger partial charge in [0, 0.05) is 32.6 Å². The molecule has 1 aliphatic heterocycles. The molecule has 2 amide bonds. The molecule has 0 unspecified atom stereocenters. The number of piperidine rings is 1. The third-order valence-corrected chi connectivity index (χ3v) is 5.06. The number of carbonyl (C=O) groups is 1. The Morgan fingerprint density at radius 3 is 2.78 bits per heavy atom. The molecular weight excluding hydrogens is 340 g/mol. The highest BCUT2D eigenvalue weighted by Gasteiger charge is 2.28. The lowest BCUT2D eigenvalue weighted by Crippen LogP contribution is -2.45. The van der Waals surface area contributed by atoms with Crippen molar-refractivity contribution in [1.82, 2.24) is 29.9 Å². The minimum absolute atomic E-state index is 0.0197. The number of nitrogens with zero attached hydrogens (tertiary/aromatic N) is 5. The van der Waals surface area contributed by atoms with Gasteiger partial charge in [0.2, 0.25) is 0 Å². The summed E-state index contributed by atoms with van der Waals surface area (Å²) in [6.07, 6.45) is 2.88. The summed E-state index contributed by atoms with van der Waals surface area (Å²) in [4.78, 5) is 16.6. The number of rotatable bonds is 6. The fourth-order valence-corrected chi connectivity index (χ4v) is 3.59. The first-order valence-electron chi connectivity index (χ1n) is 9.64. The molecule has 0 aliphatic carbocycles. The van der Waals surface area contributed by atoms with Crippen molar-refractivity contribution in [2.75, 3.05) is 33.7 Å². The fourth-order valence-electron chi connectivity index (χ4n) is 3.59. The zero-order chi connectivity index (χ0) is 19.2. The molecule has 0 radical (unpaired) electrons.